The Morgan fingerprint density at radius 3 is 2.45 bits per heavy atom. The Labute approximate surface area is 119 Å². The van der Waals surface area contributed by atoms with Gasteiger partial charge in [-0.05, 0) is 38.0 Å². The minimum Gasteiger partial charge on any atom is -0.480 e. The highest BCUT2D eigenvalue weighted by Gasteiger charge is 2.43. The first-order chi connectivity index (χ1) is 9.47. The molecule has 1 saturated carbocycles. The largest absolute Gasteiger partial charge is 0.480 e. The number of rotatable bonds is 4. The van der Waals surface area contributed by atoms with E-state index in [1.165, 1.54) is 0 Å². The summed E-state index contributed by atoms with van der Waals surface area (Å²) >= 11 is 0. The smallest absolute Gasteiger partial charge is 0.329 e. The maximum Gasteiger partial charge on any atom is 0.329 e. The number of hydrogen-bond donors (Lipinski definition) is 3. The molecule has 0 saturated heterocycles. The van der Waals surface area contributed by atoms with E-state index in [2.05, 4.69) is 12.2 Å². The van der Waals surface area contributed by atoms with Gasteiger partial charge in [0.25, 0.3) is 0 Å². The molecule has 2 unspecified atom stereocenters. The average Bonchev–Trinajstić information content (AvgIpc) is 2.86. The Morgan fingerprint density at radius 1 is 1.35 bits per heavy atom. The molecule has 0 spiro atoms. The zero-order valence-electron chi connectivity index (χ0n) is 12.0. The van der Waals surface area contributed by atoms with Crippen LogP contribution in [0.5, 0.6) is 0 Å². The van der Waals surface area contributed by atoms with Crippen LogP contribution in [0, 0.1) is 11.8 Å². The van der Waals surface area contributed by atoms with Gasteiger partial charge in [0, 0.05) is 6.04 Å². The number of carbonyl (C=O) groups is 2. The normalized spacial score (nSPS) is 36.8. The quantitative estimate of drug-likeness (QED) is 0.679. The molecule has 0 aromatic carbocycles. The molecule has 5 nitrogen and oxygen atoms in total. The maximum absolute atomic E-state index is 12.2. The van der Waals surface area contributed by atoms with Crippen molar-refractivity contribution in [2.24, 2.45) is 17.6 Å². The highest BCUT2D eigenvalue weighted by atomic mass is 16.4. The van der Waals surface area contributed by atoms with Crippen LogP contribution in [-0.4, -0.2) is 28.6 Å². The molecule has 0 heterocycles. The topological polar surface area (TPSA) is 92.4 Å². The van der Waals surface area contributed by atoms with Crippen molar-refractivity contribution in [2.45, 2.75) is 57.0 Å². The molecule has 0 bridgehead atoms. The number of aliphatic carboxylic acids is 1. The van der Waals surface area contributed by atoms with Gasteiger partial charge in [-0.1, -0.05) is 25.5 Å². The van der Waals surface area contributed by atoms with Crippen LogP contribution in [0.1, 0.15) is 45.4 Å². The third kappa shape index (κ3) is 3.03. The summed E-state index contributed by atoms with van der Waals surface area (Å²) in [5.74, 6) is -0.817. The van der Waals surface area contributed by atoms with E-state index >= 15 is 0 Å². The summed E-state index contributed by atoms with van der Waals surface area (Å²) in [5.41, 5.74) is 4.66. The zero-order valence-corrected chi connectivity index (χ0v) is 12.0. The molecule has 1 fully saturated rings. The summed E-state index contributed by atoms with van der Waals surface area (Å²) in [5, 5.41) is 12.3. The van der Waals surface area contributed by atoms with E-state index < -0.39 is 11.5 Å². The van der Waals surface area contributed by atoms with Gasteiger partial charge in [-0.2, -0.15) is 0 Å². The van der Waals surface area contributed by atoms with E-state index in [-0.39, 0.29) is 17.9 Å². The first kappa shape index (κ1) is 15.0. The van der Waals surface area contributed by atoms with E-state index in [4.69, 9.17) is 5.73 Å². The van der Waals surface area contributed by atoms with Crippen LogP contribution < -0.4 is 11.1 Å². The number of amides is 1. The molecule has 5 heteroatoms. The first-order valence-corrected chi connectivity index (χ1v) is 7.46. The molecule has 0 aliphatic heterocycles. The van der Waals surface area contributed by atoms with Crippen molar-refractivity contribution >= 4 is 11.9 Å². The zero-order chi connectivity index (χ0) is 14.8. The predicted molar refractivity (Wildman–Crippen MR) is 76.0 cm³/mol. The van der Waals surface area contributed by atoms with Gasteiger partial charge in [0.15, 0.2) is 0 Å². The van der Waals surface area contributed by atoms with Crippen LogP contribution in [0.25, 0.3) is 0 Å². The molecule has 2 atom stereocenters. The van der Waals surface area contributed by atoms with Gasteiger partial charge >= 0.3 is 5.97 Å². The molecule has 0 radical (unpaired) electrons. The fraction of sp³-hybridized carbons (Fsp3) is 0.733. The van der Waals surface area contributed by atoms with E-state index in [0.29, 0.717) is 25.2 Å². The fourth-order valence-electron chi connectivity index (χ4n) is 3.22. The lowest BCUT2D eigenvalue weighted by Gasteiger charge is -2.37. The van der Waals surface area contributed by atoms with Gasteiger partial charge < -0.3 is 16.2 Å². The van der Waals surface area contributed by atoms with E-state index in [1.54, 1.807) is 6.08 Å². The number of carbonyl (C=O) groups excluding carboxylic acids is 1. The number of carboxylic acids is 1. The number of carboxylic acid groups (broad SMARTS) is 1. The van der Waals surface area contributed by atoms with Gasteiger partial charge in [0.2, 0.25) is 5.91 Å². The summed E-state index contributed by atoms with van der Waals surface area (Å²) in [6.45, 7) is 2.13. The molecular formula is C15H24N2O3. The summed E-state index contributed by atoms with van der Waals surface area (Å²) in [7, 11) is 0. The molecule has 2 rings (SSSR count). The Bertz CT molecular complexity index is 411. The van der Waals surface area contributed by atoms with Gasteiger partial charge in [-0.15, -0.1) is 0 Å². The third-order valence-corrected chi connectivity index (χ3v) is 4.76. The Balaban J connectivity index is 2.01. The average molecular weight is 280 g/mol. The third-order valence-electron chi connectivity index (χ3n) is 4.76. The van der Waals surface area contributed by atoms with E-state index in [0.717, 1.165) is 19.3 Å². The first-order valence-electron chi connectivity index (χ1n) is 7.46. The Hall–Kier alpha value is -1.36. The fourth-order valence-corrected chi connectivity index (χ4v) is 3.22. The summed E-state index contributed by atoms with van der Waals surface area (Å²) in [6.07, 6.45) is 8.01. The molecule has 1 amide bonds. The molecule has 2 aliphatic rings. The maximum atomic E-state index is 12.2. The number of nitrogens with two attached hydrogens (primary N) is 1. The molecular weight excluding hydrogens is 256 g/mol. The highest BCUT2D eigenvalue weighted by Crippen LogP contribution is 2.34. The lowest BCUT2D eigenvalue weighted by Crippen LogP contribution is -2.57. The second-order valence-corrected chi connectivity index (χ2v) is 6.12. The molecule has 112 valence electrons. The molecule has 4 N–H and O–H groups in total. The Morgan fingerprint density at radius 2 is 2.00 bits per heavy atom. The van der Waals surface area contributed by atoms with Gasteiger partial charge in [0.1, 0.15) is 5.54 Å². The second kappa shape index (κ2) is 5.95. The minimum atomic E-state index is -1.08. The predicted octanol–water partition coefficient (Wildman–Crippen LogP) is 1.43. The standard InChI is InChI=1S/C15H24N2O3/c1-2-10-5-7-15(8-6-10,14(19)20)17-13(18)11-3-4-12(16)9-11/h3-4,10-12H,2,5-9,16H2,1H3,(H,17,18)(H,19,20). The van der Waals surface area contributed by atoms with Crippen molar-refractivity contribution < 1.29 is 14.7 Å². The van der Waals surface area contributed by atoms with Crippen LogP contribution in [0.15, 0.2) is 12.2 Å². The summed E-state index contributed by atoms with van der Waals surface area (Å²) < 4.78 is 0. The minimum absolute atomic E-state index is 0.0950. The van der Waals surface area contributed by atoms with Crippen LogP contribution >= 0.6 is 0 Å². The van der Waals surface area contributed by atoms with Crippen molar-refractivity contribution in [2.75, 3.05) is 0 Å². The van der Waals surface area contributed by atoms with Crippen molar-refractivity contribution in [3.05, 3.63) is 12.2 Å². The Kier molecular flexibility index (Phi) is 4.48. The van der Waals surface area contributed by atoms with Crippen LogP contribution in [-0.2, 0) is 9.59 Å². The molecule has 20 heavy (non-hydrogen) atoms. The molecule has 0 aromatic heterocycles. The monoisotopic (exact) mass is 280 g/mol. The van der Waals surface area contributed by atoms with E-state index in [1.807, 2.05) is 6.08 Å². The second-order valence-electron chi connectivity index (χ2n) is 6.12. The number of nitrogens with one attached hydrogen (secondary N) is 1. The lowest BCUT2D eigenvalue weighted by molar-refractivity contribution is -0.150. The van der Waals surface area contributed by atoms with Crippen molar-refractivity contribution in [1.29, 1.82) is 0 Å². The van der Waals surface area contributed by atoms with Gasteiger partial charge in [-0.25, -0.2) is 4.79 Å². The number of hydrogen-bond acceptors (Lipinski definition) is 3. The van der Waals surface area contributed by atoms with Crippen LogP contribution in [0.4, 0.5) is 0 Å². The van der Waals surface area contributed by atoms with Gasteiger partial charge in [-0.3, -0.25) is 4.79 Å². The van der Waals surface area contributed by atoms with Crippen molar-refractivity contribution in [1.82, 2.24) is 5.32 Å². The van der Waals surface area contributed by atoms with Crippen molar-refractivity contribution in [3.8, 4) is 0 Å². The van der Waals surface area contributed by atoms with Crippen molar-refractivity contribution in [3.63, 3.8) is 0 Å². The van der Waals surface area contributed by atoms with Crippen LogP contribution in [0.2, 0.25) is 0 Å². The molecule has 0 aromatic rings. The highest BCUT2D eigenvalue weighted by molar-refractivity contribution is 5.89. The van der Waals surface area contributed by atoms with Gasteiger partial charge in [0.05, 0.1) is 5.92 Å². The summed E-state index contributed by atoms with van der Waals surface area (Å²) in [4.78, 5) is 23.9. The SMILES string of the molecule is CCC1CCC(NC(=O)C2C=CC(N)C2)(C(=O)O)CC1. The van der Waals surface area contributed by atoms with E-state index in [9.17, 15) is 14.7 Å². The summed E-state index contributed by atoms with van der Waals surface area (Å²) in [6, 6.07) is -0.0950. The molecule has 2 aliphatic carbocycles. The van der Waals surface area contributed by atoms with Crippen LogP contribution in [0.3, 0.4) is 0 Å². The lowest BCUT2D eigenvalue weighted by atomic mass is 9.75.